The Bertz CT molecular complexity index is 2230. The number of rotatable bonds is 40. The summed E-state index contributed by atoms with van der Waals surface area (Å²) in [7, 11) is 0. The number of aliphatic carboxylic acids is 4. The Hall–Kier alpha value is -8.56. The van der Waals surface area contributed by atoms with Gasteiger partial charge in [-0.1, -0.05) is 13.8 Å². The molecular weight excluding hydrogens is 1050 g/mol. The van der Waals surface area contributed by atoms with E-state index in [-0.39, 0.29) is 25.2 Å². The van der Waals surface area contributed by atoms with Crippen molar-refractivity contribution in [1.82, 2.24) is 42.5 Å². The third-order valence-electron chi connectivity index (χ3n) is 10.9. The Kier molecular flexibility index (Phi) is 31.1. The summed E-state index contributed by atoms with van der Waals surface area (Å²) >= 11 is 0. The maximum absolute atomic E-state index is 13.8. The molecule has 23 N–H and O–H groups in total. The summed E-state index contributed by atoms with van der Waals surface area (Å²) in [5.41, 5.74) is 26.4. The Labute approximate surface area is 444 Å². The third-order valence-corrected chi connectivity index (χ3v) is 10.9. The van der Waals surface area contributed by atoms with E-state index in [0.717, 1.165) is 6.92 Å². The van der Waals surface area contributed by atoms with Crippen LogP contribution in [0.3, 0.4) is 0 Å². The number of nitrogens with two attached hydrogens (primary N) is 5. The number of carboxylic acid groups (broad SMARTS) is 4. The molecule has 0 aliphatic carbocycles. The van der Waals surface area contributed by atoms with Gasteiger partial charge in [0.05, 0.1) is 18.6 Å². The van der Waals surface area contributed by atoms with Crippen molar-refractivity contribution in [2.75, 3.05) is 0 Å². The molecule has 438 valence electrons. The monoisotopic (exact) mass is 1120 g/mol. The minimum absolute atomic E-state index is 0.174. The van der Waals surface area contributed by atoms with Crippen LogP contribution in [0.1, 0.15) is 111 Å². The maximum Gasteiger partial charge on any atom is 0.326 e. The summed E-state index contributed by atoms with van der Waals surface area (Å²) in [4.78, 5) is 201. The predicted molar refractivity (Wildman–Crippen MR) is 262 cm³/mol. The minimum Gasteiger partial charge on any atom is -0.481 e. The molecule has 0 aromatic rings. The summed E-state index contributed by atoms with van der Waals surface area (Å²) < 4.78 is 0. The summed E-state index contributed by atoms with van der Waals surface area (Å²) in [6.45, 7) is 4.16. The number of carbonyl (C=O) groups is 16. The van der Waals surface area contributed by atoms with Crippen molar-refractivity contribution in [3.05, 3.63) is 0 Å². The topological polar surface area (TPSA) is 601 Å². The molecule has 0 aliphatic heterocycles. The molecule has 0 aliphatic rings. The van der Waals surface area contributed by atoms with Crippen LogP contribution in [-0.4, -0.2) is 181 Å². The van der Waals surface area contributed by atoms with Crippen LogP contribution in [0.15, 0.2) is 0 Å². The molecule has 0 radical (unpaired) electrons. The van der Waals surface area contributed by atoms with Crippen molar-refractivity contribution in [3.63, 3.8) is 0 Å². The SMILES string of the molecule is CC(C)C[C@H](NC(=O)[C@H](CCC(=O)O)NC(=O)[C@H](CC(=O)O)NC(=O)[C@H](CCC(=O)O)NC(=O)[C@@H](NC(=O)[C@H](CCC(N)=O)NC(=O)[C@H](CCC(N)=O)NC(=O)[C@@H](N)CCC(N)=O)[C@@H](C)O)C(=O)N[C@@H](CCC(N)=O)C(=O)O. The Morgan fingerprint density at radius 2 is 0.654 bits per heavy atom. The lowest BCUT2D eigenvalue weighted by Gasteiger charge is -2.28. The van der Waals surface area contributed by atoms with Crippen LogP contribution in [0.5, 0.6) is 0 Å². The number of primary amides is 4. The maximum atomic E-state index is 13.8. The van der Waals surface area contributed by atoms with Crippen LogP contribution in [-0.2, 0) is 76.7 Å². The van der Waals surface area contributed by atoms with E-state index in [1.54, 1.807) is 13.8 Å². The zero-order valence-corrected chi connectivity index (χ0v) is 42.9. The van der Waals surface area contributed by atoms with E-state index in [2.05, 4.69) is 37.2 Å². The van der Waals surface area contributed by atoms with E-state index < -0.39 is 226 Å². The second-order valence-corrected chi connectivity index (χ2v) is 18.2. The fraction of sp³-hybridized carbons (Fsp3) is 0.636. The molecule has 0 aromatic heterocycles. The second kappa shape index (κ2) is 34.9. The lowest BCUT2D eigenvalue weighted by atomic mass is 10.0. The predicted octanol–water partition coefficient (Wildman–Crippen LogP) is -8.03. The number of nitrogens with one attached hydrogen (secondary N) is 8. The van der Waals surface area contributed by atoms with Crippen LogP contribution >= 0.6 is 0 Å². The summed E-state index contributed by atoms with van der Waals surface area (Å²) in [5.74, 6) is -20.7. The molecule has 0 saturated carbocycles. The van der Waals surface area contributed by atoms with Crippen LogP contribution in [0.25, 0.3) is 0 Å². The number of carbonyl (C=O) groups excluding carboxylic acids is 12. The Morgan fingerprint density at radius 1 is 0.359 bits per heavy atom. The quantitative estimate of drug-likeness (QED) is 0.0271. The zero-order chi connectivity index (χ0) is 60.1. The second-order valence-electron chi connectivity index (χ2n) is 18.2. The van der Waals surface area contributed by atoms with Gasteiger partial charge in [-0.2, -0.15) is 0 Å². The van der Waals surface area contributed by atoms with Gasteiger partial charge in [-0.05, 0) is 57.8 Å². The molecule has 0 spiro atoms. The van der Waals surface area contributed by atoms with Gasteiger partial charge in [-0.15, -0.1) is 0 Å². The molecule has 12 amide bonds. The van der Waals surface area contributed by atoms with Crippen molar-refractivity contribution >= 4 is 94.8 Å². The molecule has 0 heterocycles. The lowest BCUT2D eigenvalue weighted by molar-refractivity contribution is -0.143. The number of carboxylic acids is 4. The van der Waals surface area contributed by atoms with Crippen molar-refractivity contribution < 1.29 is 102 Å². The molecule has 10 atom stereocenters. The summed E-state index contributed by atoms with van der Waals surface area (Å²) in [6.07, 6.45) is -10.4. The normalized spacial score (nSPS) is 14.7. The fourth-order valence-electron chi connectivity index (χ4n) is 6.80. The van der Waals surface area contributed by atoms with Gasteiger partial charge in [0, 0.05) is 38.5 Å². The summed E-state index contributed by atoms with van der Waals surface area (Å²) in [6, 6.07) is -16.4. The van der Waals surface area contributed by atoms with Gasteiger partial charge >= 0.3 is 23.9 Å². The highest BCUT2D eigenvalue weighted by molar-refractivity contribution is 5.99. The van der Waals surface area contributed by atoms with Crippen molar-refractivity contribution in [2.24, 2.45) is 34.6 Å². The fourth-order valence-corrected chi connectivity index (χ4v) is 6.80. The molecule has 0 rings (SSSR count). The highest BCUT2D eigenvalue weighted by atomic mass is 16.4. The first-order valence-corrected chi connectivity index (χ1v) is 24.0. The van der Waals surface area contributed by atoms with Gasteiger partial charge in [0.1, 0.15) is 48.3 Å². The molecular formula is C44H71N13O21. The Morgan fingerprint density at radius 3 is 1.01 bits per heavy atom. The van der Waals surface area contributed by atoms with E-state index >= 15 is 0 Å². The zero-order valence-electron chi connectivity index (χ0n) is 42.9. The van der Waals surface area contributed by atoms with Crippen LogP contribution < -0.4 is 71.2 Å². The van der Waals surface area contributed by atoms with Crippen LogP contribution in [0.4, 0.5) is 0 Å². The van der Waals surface area contributed by atoms with E-state index in [1.807, 2.05) is 5.32 Å². The first-order valence-electron chi connectivity index (χ1n) is 24.0. The van der Waals surface area contributed by atoms with Crippen molar-refractivity contribution in [2.45, 2.75) is 171 Å². The smallest absolute Gasteiger partial charge is 0.326 e. The number of hydrogen-bond donors (Lipinski definition) is 18. The molecule has 0 bridgehead atoms. The van der Waals surface area contributed by atoms with Gasteiger partial charge in [0.2, 0.25) is 70.9 Å². The van der Waals surface area contributed by atoms with E-state index in [0.29, 0.717) is 0 Å². The molecule has 34 nitrogen and oxygen atoms in total. The highest BCUT2D eigenvalue weighted by Gasteiger charge is 2.37. The van der Waals surface area contributed by atoms with Crippen molar-refractivity contribution in [1.29, 1.82) is 0 Å². The molecule has 34 heteroatoms. The standard InChI is InChI=1S/C44H71N13O21/c1-18(2)16-26(41(74)54-25(44(77)78)7-13-31(49)62)55-38(71)23(8-14-32(63)64)52-42(75)27(17-34(67)68)56-39(72)24(9-15-33(65)66)53-43(76)35(19(3)58)57-40(73)22(6-12-30(48)61)51-37(70)21(5-11-29(47)60)50-36(69)20(45)4-10-28(46)59/h18-27,35,58H,4-17,45H2,1-3H3,(H2,46,59)(H2,47,60)(H2,48,61)(H2,49,62)(H,50,69)(H,51,70)(H,52,75)(H,53,76)(H,54,74)(H,55,71)(H,56,72)(H,57,73)(H,63,64)(H,65,66)(H,67,68)(H,77,78)/t19-,20+,21+,22+,23+,24+,25+,26+,27+,35+/m1/s1. The van der Waals surface area contributed by atoms with Gasteiger partial charge < -0.3 is 96.7 Å². The first kappa shape index (κ1) is 69.4. The van der Waals surface area contributed by atoms with Gasteiger partial charge in [-0.3, -0.25) is 71.9 Å². The van der Waals surface area contributed by atoms with Crippen molar-refractivity contribution in [3.8, 4) is 0 Å². The number of aliphatic hydroxyl groups is 1. The van der Waals surface area contributed by atoms with Gasteiger partial charge in [-0.25, -0.2) is 4.79 Å². The van der Waals surface area contributed by atoms with Gasteiger partial charge in [0.15, 0.2) is 0 Å². The first-order chi connectivity index (χ1) is 36.1. The van der Waals surface area contributed by atoms with Gasteiger partial charge in [0.25, 0.3) is 0 Å². The molecule has 78 heavy (non-hydrogen) atoms. The average Bonchev–Trinajstić information content (AvgIpc) is 3.31. The van der Waals surface area contributed by atoms with E-state index in [4.69, 9.17) is 28.7 Å². The van der Waals surface area contributed by atoms with E-state index in [9.17, 15) is 102 Å². The van der Waals surface area contributed by atoms with Crippen LogP contribution in [0, 0.1) is 5.92 Å². The third kappa shape index (κ3) is 28.9. The minimum atomic E-state index is -2.21. The molecule has 0 fully saturated rings. The Balaban J connectivity index is 6.84. The van der Waals surface area contributed by atoms with E-state index in [1.165, 1.54) is 0 Å². The number of amides is 12. The lowest BCUT2D eigenvalue weighted by Crippen LogP contribution is -2.62. The number of aliphatic hydroxyl groups excluding tert-OH is 1. The largest absolute Gasteiger partial charge is 0.481 e. The highest BCUT2D eigenvalue weighted by Crippen LogP contribution is 2.11. The molecule has 0 unspecified atom stereocenters. The average molecular weight is 1120 g/mol. The number of hydrogen-bond acceptors (Lipinski definition) is 18. The summed E-state index contributed by atoms with van der Waals surface area (Å²) in [5, 5.41) is 65.9. The molecule has 0 aromatic carbocycles. The van der Waals surface area contributed by atoms with Crippen LogP contribution in [0.2, 0.25) is 0 Å². The molecule has 0 saturated heterocycles.